The predicted molar refractivity (Wildman–Crippen MR) is 79.0 cm³/mol. The van der Waals surface area contributed by atoms with Gasteiger partial charge in [-0.05, 0) is 41.4 Å². The molecule has 0 aliphatic carbocycles. The molecule has 0 fully saturated rings. The highest BCUT2D eigenvalue weighted by Crippen LogP contribution is 2.39. The quantitative estimate of drug-likeness (QED) is 0.825. The molecule has 2 N–H and O–H groups in total. The molecule has 1 rings (SSSR count). The molecule has 1 unspecified atom stereocenters. The third-order valence-corrected chi connectivity index (χ3v) is 3.89. The van der Waals surface area contributed by atoms with Crippen LogP contribution in [0.2, 0.25) is 0 Å². The van der Waals surface area contributed by atoms with Crippen molar-refractivity contribution in [2.24, 2.45) is 5.41 Å². The average molecular weight is 284 g/mol. The lowest BCUT2D eigenvalue weighted by atomic mass is 9.72. The Morgan fingerprint density at radius 3 is 2.11 bits per heavy atom. The van der Waals surface area contributed by atoms with Gasteiger partial charge in [0, 0.05) is 0 Å². The molecule has 0 amide bonds. The van der Waals surface area contributed by atoms with Gasteiger partial charge in [-0.15, -0.1) is 0 Å². The van der Waals surface area contributed by atoms with E-state index in [1.54, 1.807) is 13.0 Å². The van der Waals surface area contributed by atoms with Gasteiger partial charge in [0.25, 0.3) is 0 Å². The Morgan fingerprint density at radius 2 is 1.68 bits per heavy atom. The van der Waals surface area contributed by atoms with Crippen LogP contribution >= 0.6 is 0 Å². The molecule has 0 saturated carbocycles. The number of benzene rings is 1. The summed E-state index contributed by atoms with van der Waals surface area (Å²) in [6, 6.07) is 3.54. The molecule has 0 radical (unpaired) electrons. The molecule has 1 aromatic carbocycles. The van der Waals surface area contributed by atoms with Gasteiger partial charge in [0.1, 0.15) is 10.6 Å². The minimum atomic E-state index is -2.17. The Morgan fingerprint density at radius 1 is 1.16 bits per heavy atom. The van der Waals surface area contributed by atoms with Crippen LogP contribution in [-0.2, 0) is 16.5 Å². The molecule has 1 aromatic rings. The SMILES string of the molecule is Cc1cc(C(C)(C)CC(C)(C)C)cc(S(=O)O)c1O. The molecular formula is C15H24O3S. The van der Waals surface area contributed by atoms with E-state index in [0.717, 1.165) is 12.0 Å². The van der Waals surface area contributed by atoms with E-state index in [-0.39, 0.29) is 21.5 Å². The minimum Gasteiger partial charge on any atom is -0.506 e. The summed E-state index contributed by atoms with van der Waals surface area (Å²) in [7, 11) is 0. The molecule has 1 atom stereocenters. The van der Waals surface area contributed by atoms with Crippen LogP contribution in [0.1, 0.15) is 52.2 Å². The Bertz CT molecular complexity index is 499. The standard InChI is InChI=1S/C15H24O3S/c1-10-7-11(8-12(13(10)16)19(17)18)15(5,6)9-14(2,3)4/h7-8,16H,9H2,1-6H3,(H,17,18). The van der Waals surface area contributed by atoms with Gasteiger partial charge < -0.3 is 9.66 Å². The topological polar surface area (TPSA) is 57.5 Å². The molecule has 0 heterocycles. The van der Waals surface area contributed by atoms with Gasteiger partial charge in [-0.1, -0.05) is 40.7 Å². The molecule has 0 spiro atoms. The first kappa shape index (κ1) is 16.2. The maximum Gasteiger partial charge on any atom is 0.190 e. The molecule has 108 valence electrons. The van der Waals surface area contributed by atoms with Gasteiger partial charge in [-0.3, -0.25) is 0 Å². The van der Waals surface area contributed by atoms with E-state index in [9.17, 15) is 13.9 Å². The first-order chi connectivity index (χ1) is 8.44. The van der Waals surface area contributed by atoms with Crippen molar-refractivity contribution in [3.8, 4) is 5.75 Å². The maximum atomic E-state index is 11.3. The first-order valence-electron chi connectivity index (χ1n) is 6.39. The Labute approximate surface area is 118 Å². The van der Waals surface area contributed by atoms with Crippen molar-refractivity contribution in [1.29, 1.82) is 0 Å². The van der Waals surface area contributed by atoms with E-state index in [2.05, 4.69) is 34.6 Å². The molecule has 0 aliphatic rings. The largest absolute Gasteiger partial charge is 0.506 e. The summed E-state index contributed by atoms with van der Waals surface area (Å²) in [5, 5.41) is 9.84. The van der Waals surface area contributed by atoms with Crippen LogP contribution < -0.4 is 0 Å². The Balaban J connectivity index is 3.32. The number of hydrogen-bond donors (Lipinski definition) is 2. The van der Waals surface area contributed by atoms with Crippen molar-refractivity contribution >= 4 is 11.1 Å². The summed E-state index contributed by atoms with van der Waals surface area (Å²) in [6.07, 6.45) is 0.946. The fourth-order valence-corrected chi connectivity index (χ4v) is 3.25. The van der Waals surface area contributed by atoms with Crippen LogP contribution in [-0.4, -0.2) is 13.9 Å². The summed E-state index contributed by atoms with van der Waals surface area (Å²) in [4.78, 5) is 0.0944. The third kappa shape index (κ3) is 4.05. The fraction of sp³-hybridized carbons (Fsp3) is 0.600. The second-order valence-corrected chi connectivity index (χ2v) is 7.95. The van der Waals surface area contributed by atoms with Gasteiger partial charge in [-0.25, -0.2) is 4.21 Å². The predicted octanol–water partition coefficient (Wildman–Crippen LogP) is 4.00. The van der Waals surface area contributed by atoms with Crippen LogP contribution in [0.3, 0.4) is 0 Å². The lowest BCUT2D eigenvalue weighted by molar-refractivity contribution is 0.283. The van der Waals surface area contributed by atoms with E-state index in [1.807, 2.05) is 6.07 Å². The van der Waals surface area contributed by atoms with Gasteiger partial charge in [-0.2, -0.15) is 0 Å². The number of phenols is 1. The maximum absolute atomic E-state index is 11.3. The molecule has 0 aliphatic heterocycles. The summed E-state index contributed by atoms with van der Waals surface area (Å²) in [5.74, 6) is -0.0869. The summed E-state index contributed by atoms with van der Waals surface area (Å²) in [5.41, 5.74) is 1.66. The minimum absolute atomic E-state index is 0.0869. The smallest absolute Gasteiger partial charge is 0.190 e. The third-order valence-electron chi connectivity index (χ3n) is 3.21. The molecular weight excluding hydrogens is 260 g/mol. The fourth-order valence-electron chi connectivity index (χ4n) is 2.70. The molecule has 0 bridgehead atoms. The zero-order valence-electron chi connectivity index (χ0n) is 12.6. The second-order valence-electron chi connectivity index (χ2n) is 7.01. The van der Waals surface area contributed by atoms with Crippen molar-refractivity contribution in [3.63, 3.8) is 0 Å². The summed E-state index contributed by atoms with van der Waals surface area (Å²) >= 11 is -2.17. The summed E-state index contributed by atoms with van der Waals surface area (Å²) in [6.45, 7) is 12.5. The first-order valence-corrected chi connectivity index (χ1v) is 7.50. The van der Waals surface area contributed by atoms with Crippen LogP contribution in [0.4, 0.5) is 0 Å². The number of aryl methyl sites for hydroxylation is 1. The Kier molecular flexibility index (Phi) is 4.47. The molecule has 19 heavy (non-hydrogen) atoms. The molecule has 3 nitrogen and oxygen atoms in total. The van der Waals surface area contributed by atoms with Crippen molar-refractivity contribution in [2.45, 2.75) is 58.3 Å². The number of rotatable bonds is 3. The van der Waals surface area contributed by atoms with Crippen molar-refractivity contribution in [2.75, 3.05) is 0 Å². The van der Waals surface area contributed by atoms with E-state index in [1.165, 1.54) is 0 Å². The molecule has 4 heteroatoms. The lowest BCUT2D eigenvalue weighted by Crippen LogP contribution is -2.25. The van der Waals surface area contributed by atoms with E-state index in [0.29, 0.717) is 5.56 Å². The van der Waals surface area contributed by atoms with Crippen LogP contribution in [0.25, 0.3) is 0 Å². The van der Waals surface area contributed by atoms with Crippen molar-refractivity contribution in [3.05, 3.63) is 23.3 Å². The highest BCUT2D eigenvalue weighted by atomic mass is 32.2. The van der Waals surface area contributed by atoms with Gasteiger partial charge in [0.15, 0.2) is 11.1 Å². The van der Waals surface area contributed by atoms with Crippen molar-refractivity contribution < 1.29 is 13.9 Å². The zero-order chi connectivity index (χ0) is 15.0. The lowest BCUT2D eigenvalue weighted by Gasteiger charge is -2.33. The number of phenolic OH excluding ortho intramolecular Hbond substituents is 1. The zero-order valence-corrected chi connectivity index (χ0v) is 13.4. The normalized spacial score (nSPS) is 14.5. The van der Waals surface area contributed by atoms with Gasteiger partial charge in [0.05, 0.1) is 0 Å². The number of aromatic hydroxyl groups is 1. The highest BCUT2D eigenvalue weighted by molar-refractivity contribution is 7.79. The Hall–Kier alpha value is -0.870. The van der Waals surface area contributed by atoms with E-state index >= 15 is 0 Å². The summed E-state index contributed by atoms with van der Waals surface area (Å²) < 4.78 is 20.6. The molecule has 0 aromatic heterocycles. The van der Waals surface area contributed by atoms with Crippen molar-refractivity contribution in [1.82, 2.24) is 0 Å². The van der Waals surface area contributed by atoms with E-state index < -0.39 is 11.1 Å². The van der Waals surface area contributed by atoms with Crippen LogP contribution in [0.5, 0.6) is 5.75 Å². The second kappa shape index (κ2) is 5.25. The van der Waals surface area contributed by atoms with E-state index in [4.69, 9.17) is 0 Å². The average Bonchev–Trinajstić information content (AvgIpc) is 2.17. The van der Waals surface area contributed by atoms with Gasteiger partial charge >= 0.3 is 0 Å². The van der Waals surface area contributed by atoms with Crippen LogP contribution in [0, 0.1) is 12.3 Å². The monoisotopic (exact) mass is 284 g/mol. The highest BCUT2D eigenvalue weighted by Gasteiger charge is 2.28. The molecule has 0 saturated heterocycles. The van der Waals surface area contributed by atoms with Crippen LogP contribution in [0.15, 0.2) is 17.0 Å². The number of hydrogen-bond acceptors (Lipinski definition) is 2. The van der Waals surface area contributed by atoms with Gasteiger partial charge in [0.2, 0.25) is 0 Å².